The van der Waals surface area contributed by atoms with Gasteiger partial charge in [0.2, 0.25) is 5.91 Å². The number of likely N-dealkylation sites (tertiary alicyclic amines) is 1. The topological polar surface area (TPSA) is 83.6 Å². The number of halogens is 1. The maximum Gasteiger partial charge on any atom is 0.329 e. The highest BCUT2D eigenvalue weighted by Gasteiger charge is 2.45. The van der Waals surface area contributed by atoms with Gasteiger partial charge in [0.25, 0.3) is 0 Å². The van der Waals surface area contributed by atoms with Gasteiger partial charge in [-0.2, -0.15) is 0 Å². The van der Waals surface area contributed by atoms with E-state index >= 15 is 0 Å². The van der Waals surface area contributed by atoms with Gasteiger partial charge in [-0.1, -0.05) is 11.6 Å². The SMILES string of the molecule is CC1(C(=O)O)CCCN1C(=O)CCc1ncc(-c2ccc(Cl)cc2)o1. The highest BCUT2D eigenvalue weighted by molar-refractivity contribution is 6.30. The first-order valence-corrected chi connectivity index (χ1v) is 8.52. The molecule has 0 spiro atoms. The molecule has 1 N–H and O–H groups in total. The molecule has 2 aromatic rings. The zero-order valence-corrected chi connectivity index (χ0v) is 14.6. The van der Waals surface area contributed by atoms with E-state index in [9.17, 15) is 14.7 Å². The number of carbonyl (C=O) groups is 2. The summed E-state index contributed by atoms with van der Waals surface area (Å²) in [6.45, 7) is 2.08. The zero-order valence-electron chi connectivity index (χ0n) is 13.9. The van der Waals surface area contributed by atoms with Crippen molar-refractivity contribution in [1.82, 2.24) is 9.88 Å². The molecule has 0 radical (unpaired) electrons. The van der Waals surface area contributed by atoms with Crippen molar-refractivity contribution in [3.05, 3.63) is 41.4 Å². The highest BCUT2D eigenvalue weighted by Crippen LogP contribution is 2.30. The number of nitrogens with zero attached hydrogens (tertiary/aromatic N) is 2. The molecule has 2 heterocycles. The molecule has 1 atom stereocenters. The van der Waals surface area contributed by atoms with E-state index in [1.807, 2.05) is 12.1 Å². The number of oxazole rings is 1. The molecule has 6 nitrogen and oxygen atoms in total. The second-order valence-corrected chi connectivity index (χ2v) is 6.79. The van der Waals surface area contributed by atoms with Crippen LogP contribution in [0.2, 0.25) is 5.02 Å². The maximum atomic E-state index is 12.4. The minimum absolute atomic E-state index is 0.170. The van der Waals surface area contributed by atoms with E-state index < -0.39 is 11.5 Å². The summed E-state index contributed by atoms with van der Waals surface area (Å²) in [5, 5.41) is 10.0. The number of rotatable bonds is 5. The quantitative estimate of drug-likeness (QED) is 0.881. The Morgan fingerprint density at radius 1 is 1.36 bits per heavy atom. The Bertz CT molecular complexity index is 787. The molecule has 1 unspecified atom stereocenters. The zero-order chi connectivity index (χ0) is 18.0. The molecule has 1 aromatic heterocycles. The Hall–Kier alpha value is -2.34. The van der Waals surface area contributed by atoms with Gasteiger partial charge in [-0.3, -0.25) is 4.79 Å². The Morgan fingerprint density at radius 2 is 2.08 bits per heavy atom. The standard InChI is InChI=1S/C18H19ClN2O4/c1-18(17(23)24)9-2-10-21(18)16(22)8-7-15-20-11-14(25-15)12-3-5-13(19)6-4-12/h3-6,11H,2,7-10H2,1H3,(H,23,24). The molecule has 1 aromatic carbocycles. The van der Waals surface area contributed by atoms with Gasteiger partial charge in [-0.05, 0) is 44.0 Å². The maximum absolute atomic E-state index is 12.4. The average molecular weight is 363 g/mol. The average Bonchev–Trinajstić information content (AvgIpc) is 3.21. The number of aryl methyl sites for hydroxylation is 1. The van der Waals surface area contributed by atoms with Crippen LogP contribution in [0, 0.1) is 0 Å². The minimum atomic E-state index is -1.11. The van der Waals surface area contributed by atoms with Gasteiger partial charge in [0, 0.05) is 30.0 Å². The van der Waals surface area contributed by atoms with E-state index in [2.05, 4.69) is 4.98 Å². The first-order valence-electron chi connectivity index (χ1n) is 8.15. The lowest BCUT2D eigenvalue weighted by molar-refractivity contribution is -0.155. The van der Waals surface area contributed by atoms with Crippen molar-refractivity contribution in [2.45, 2.75) is 38.1 Å². The third kappa shape index (κ3) is 3.54. The fourth-order valence-corrected chi connectivity index (χ4v) is 3.23. The molecule has 0 saturated carbocycles. The normalized spacial score (nSPS) is 20.0. The fraction of sp³-hybridized carbons (Fsp3) is 0.389. The first kappa shape index (κ1) is 17.5. The van der Waals surface area contributed by atoms with Gasteiger partial charge in [-0.25, -0.2) is 9.78 Å². The number of benzene rings is 1. The molecule has 1 amide bonds. The number of hydrogen-bond acceptors (Lipinski definition) is 4. The monoisotopic (exact) mass is 362 g/mol. The van der Waals surface area contributed by atoms with E-state index in [4.69, 9.17) is 16.0 Å². The van der Waals surface area contributed by atoms with Crippen molar-refractivity contribution >= 4 is 23.5 Å². The molecule has 25 heavy (non-hydrogen) atoms. The van der Waals surface area contributed by atoms with Crippen molar-refractivity contribution in [3.8, 4) is 11.3 Å². The molecule has 132 valence electrons. The predicted molar refractivity (Wildman–Crippen MR) is 92.3 cm³/mol. The lowest BCUT2D eigenvalue weighted by atomic mass is 9.99. The largest absolute Gasteiger partial charge is 0.480 e. The molecule has 0 bridgehead atoms. The second kappa shape index (κ2) is 6.88. The van der Waals surface area contributed by atoms with Crippen LogP contribution in [0.1, 0.15) is 32.1 Å². The van der Waals surface area contributed by atoms with E-state index in [1.165, 1.54) is 4.90 Å². The van der Waals surface area contributed by atoms with Crippen LogP contribution >= 0.6 is 11.6 Å². The molecule has 1 saturated heterocycles. The number of hydrogen-bond donors (Lipinski definition) is 1. The van der Waals surface area contributed by atoms with Crippen LogP contribution in [0.25, 0.3) is 11.3 Å². The number of aromatic nitrogens is 1. The lowest BCUT2D eigenvalue weighted by Gasteiger charge is -2.31. The van der Waals surface area contributed by atoms with Gasteiger partial charge in [0.1, 0.15) is 5.54 Å². The summed E-state index contributed by atoms with van der Waals surface area (Å²) in [7, 11) is 0. The van der Waals surface area contributed by atoms with Crippen LogP contribution in [-0.2, 0) is 16.0 Å². The minimum Gasteiger partial charge on any atom is -0.480 e. The number of amides is 1. The molecule has 1 fully saturated rings. The number of carboxylic acid groups (broad SMARTS) is 1. The summed E-state index contributed by atoms with van der Waals surface area (Å²) in [5.41, 5.74) is -0.255. The second-order valence-electron chi connectivity index (χ2n) is 6.35. The summed E-state index contributed by atoms with van der Waals surface area (Å²) in [4.78, 5) is 29.5. The number of carbonyl (C=O) groups excluding carboxylic acids is 1. The third-order valence-corrected chi connectivity index (χ3v) is 4.89. The molecular weight excluding hydrogens is 344 g/mol. The summed E-state index contributed by atoms with van der Waals surface area (Å²) in [5.74, 6) is -0.0849. The molecule has 3 rings (SSSR count). The molecule has 1 aliphatic heterocycles. The molecule has 0 aliphatic carbocycles. The van der Waals surface area contributed by atoms with Crippen LogP contribution in [0.4, 0.5) is 0 Å². The molecular formula is C18H19ClN2O4. The van der Waals surface area contributed by atoms with Crippen LogP contribution < -0.4 is 0 Å². The highest BCUT2D eigenvalue weighted by atomic mass is 35.5. The molecule has 1 aliphatic rings. The van der Waals surface area contributed by atoms with Gasteiger partial charge in [-0.15, -0.1) is 0 Å². The van der Waals surface area contributed by atoms with Crippen LogP contribution in [-0.4, -0.2) is 39.0 Å². The van der Waals surface area contributed by atoms with Crippen LogP contribution in [0.3, 0.4) is 0 Å². The summed E-state index contributed by atoms with van der Waals surface area (Å²) >= 11 is 5.87. The summed E-state index contributed by atoms with van der Waals surface area (Å²) in [6, 6.07) is 7.20. The molecule has 7 heteroatoms. The Balaban J connectivity index is 1.63. The summed E-state index contributed by atoms with van der Waals surface area (Å²) < 4.78 is 5.68. The van der Waals surface area contributed by atoms with Crippen LogP contribution in [0.15, 0.2) is 34.9 Å². The Morgan fingerprint density at radius 3 is 2.76 bits per heavy atom. The van der Waals surface area contributed by atoms with Crippen molar-refractivity contribution in [2.75, 3.05) is 6.54 Å². The van der Waals surface area contributed by atoms with Crippen molar-refractivity contribution in [3.63, 3.8) is 0 Å². The smallest absolute Gasteiger partial charge is 0.329 e. The van der Waals surface area contributed by atoms with Gasteiger partial charge >= 0.3 is 5.97 Å². The number of carboxylic acids is 1. The summed E-state index contributed by atoms with van der Waals surface area (Å²) in [6.07, 6.45) is 3.30. The Kier molecular flexibility index (Phi) is 4.81. The van der Waals surface area contributed by atoms with Crippen molar-refractivity contribution in [1.29, 1.82) is 0 Å². The van der Waals surface area contributed by atoms with E-state index in [1.54, 1.807) is 25.3 Å². The predicted octanol–water partition coefficient (Wildman–Crippen LogP) is 3.39. The third-order valence-electron chi connectivity index (χ3n) is 4.64. The van der Waals surface area contributed by atoms with E-state index in [-0.39, 0.29) is 12.3 Å². The lowest BCUT2D eigenvalue weighted by Crippen LogP contribution is -2.50. The van der Waals surface area contributed by atoms with Gasteiger partial charge in [0.05, 0.1) is 6.20 Å². The van der Waals surface area contributed by atoms with E-state index in [0.717, 1.165) is 5.56 Å². The first-order chi connectivity index (χ1) is 11.9. The number of aliphatic carboxylic acids is 1. The van der Waals surface area contributed by atoms with Gasteiger partial charge < -0.3 is 14.4 Å². The fourth-order valence-electron chi connectivity index (χ4n) is 3.11. The van der Waals surface area contributed by atoms with Crippen LogP contribution in [0.5, 0.6) is 0 Å². The van der Waals surface area contributed by atoms with Crippen molar-refractivity contribution < 1.29 is 19.1 Å². The van der Waals surface area contributed by atoms with Gasteiger partial charge in [0.15, 0.2) is 11.7 Å². The van der Waals surface area contributed by atoms with Crippen molar-refractivity contribution in [2.24, 2.45) is 0 Å². The Labute approximate surface area is 150 Å². The van der Waals surface area contributed by atoms with E-state index in [0.29, 0.717) is 42.5 Å².